The molecule has 1 fully saturated rings. The summed E-state index contributed by atoms with van der Waals surface area (Å²) in [5.74, 6) is -0.179. The second-order valence-corrected chi connectivity index (χ2v) is 4.26. The zero-order chi connectivity index (χ0) is 13.0. The Balaban J connectivity index is 1.84. The summed E-state index contributed by atoms with van der Waals surface area (Å²) in [6.07, 6.45) is 4.38. The maximum Gasteiger partial charge on any atom is 0.307 e. The summed E-state index contributed by atoms with van der Waals surface area (Å²) in [5.41, 5.74) is -0.109. The molecule has 1 aromatic heterocycles. The van der Waals surface area contributed by atoms with E-state index in [1.165, 1.54) is 10.9 Å². The number of rotatable bonds is 4. The molecule has 0 bridgehead atoms. The Morgan fingerprint density at radius 2 is 2.56 bits per heavy atom. The van der Waals surface area contributed by atoms with Crippen LogP contribution in [0.5, 0.6) is 0 Å². The fraction of sp³-hybridized carbons (Fsp3) is 0.600. The second-order valence-electron chi connectivity index (χ2n) is 4.26. The number of aromatic nitrogens is 2. The highest BCUT2D eigenvalue weighted by atomic mass is 16.6. The molecule has 2 heterocycles. The van der Waals surface area contributed by atoms with Gasteiger partial charge in [-0.05, 0) is 19.4 Å². The maximum absolute atomic E-state index is 11.7. The lowest BCUT2D eigenvalue weighted by Gasteiger charge is -2.23. The number of carbonyl (C=O) groups excluding carboxylic acids is 1. The van der Waals surface area contributed by atoms with Crippen molar-refractivity contribution in [3.63, 3.8) is 0 Å². The van der Waals surface area contributed by atoms with Gasteiger partial charge >= 0.3 is 5.69 Å². The second kappa shape index (κ2) is 5.58. The van der Waals surface area contributed by atoms with Crippen LogP contribution in [0.3, 0.4) is 0 Å². The van der Waals surface area contributed by atoms with Gasteiger partial charge in [-0.25, -0.2) is 0 Å². The van der Waals surface area contributed by atoms with E-state index in [9.17, 15) is 14.9 Å². The fourth-order valence-electron chi connectivity index (χ4n) is 1.93. The Morgan fingerprint density at radius 1 is 1.72 bits per heavy atom. The molecule has 0 aliphatic carbocycles. The summed E-state index contributed by atoms with van der Waals surface area (Å²) in [4.78, 5) is 21.6. The standard InChI is InChI=1S/C10H15N5O3/c16-10(13-8-2-1-3-11-4-8)7-14-6-9(5-12-14)15(17)18/h5-6,8,11H,1-4,7H2,(H,13,16)/t8-/m0/s1. The van der Waals surface area contributed by atoms with Gasteiger partial charge < -0.3 is 10.6 Å². The summed E-state index contributed by atoms with van der Waals surface area (Å²) < 4.78 is 1.27. The molecule has 0 aromatic carbocycles. The highest BCUT2D eigenvalue weighted by Gasteiger charge is 2.16. The minimum atomic E-state index is -0.535. The van der Waals surface area contributed by atoms with Crippen LogP contribution in [0.15, 0.2) is 12.4 Å². The molecule has 0 radical (unpaired) electrons. The number of amides is 1. The Kier molecular flexibility index (Phi) is 3.88. The summed E-state index contributed by atoms with van der Waals surface area (Å²) in [7, 11) is 0. The van der Waals surface area contributed by atoms with Crippen molar-refractivity contribution in [2.24, 2.45) is 0 Å². The van der Waals surface area contributed by atoms with Gasteiger partial charge in [-0.1, -0.05) is 0 Å². The van der Waals surface area contributed by atoms with E-state index in [2.05, 4.69) is 15.7 Å². The van der Waals surface area contributed by atoms with Crippen molar-refractivity contribution < 1.29 is 9.72 Å². The van der Waals surface area contributed by atoms with Crippen molar-refractivity contribution >= 4 is 11.6 Å². The smallest absolute Gasteiger partial charge is 0.307 e. The van der Waals surface area contributed by atoms with Crippen LogP contribution in [0, 0.1) is 10.1 Å². The van der Waals surface area contributed by atoms with Crippen molar-refractivity contribution in [2.45, 2.75) is 25.4 Å². The van der Waals surface area contributed by atoms with Gasteiger partial charge in [-0.3, -0.25) is 19.6 Å². The third-order valence-corrected chi connectivity index (χ3v) is 2.80. The van der Waals surface area contributed by atoms with E-state index in [1.54, 1.807) is 0 Å². The maximum atomic E-state index is 11.7. The van der Waals surface area contributed by atoms with Gasteiger partial charge in [0.2, 0.25) is 5.91 Å². The first kappa shape index (κ1) is 12.5. The van der Waals surface area contributed by atoms with E-state index in [4.69, 9.17) is 0 Å². The monoisotopic (exact) mass is 253 g/mol. The van der Waals surface area contributed by atoms with Crippen LogP contribution >= 0.6 is 0 Å². The molecule has 8 heteroatoms. The number of nitro groups is 1. The summed E-state index contributed by atoms with van der Waals surface area (Å²) in [6, 6.07) is 0.136. The lowest BCUT2D eigenvalue weighted by molar-refractivity contribution is -0.385. The molecule has 8 nitrogen and oxygen atoms in total. The molecule has 1 aromatic rings. The summed E-state index contributed by atoms with van der Waals surface area (Å²) in [5, 5.41) is 20.3. The van der Waals surface area contributed by atoms with Crippen molar-refractivity contribution in [3.05, 3.63) is 22.5 Å². The number of nitrogens with zero attached hydrogens (tertiary/aromatic N) is 3. The first-order chi connectivity index (χ1) is 8.65. The average molecular weight is 253 g/mol. The predicted octanol–water partition coefficient (Wildman–Crippen LogP) is -0.341. The van der Waals surface area contributed by atoms with E-state index in [1.807, 2.05) is 0 Å². The van der Waals surface area contributed by atoms with E-state index < -0.39 is 4.92 Å². The van der Waals surface area contributed by atoms with Gasteiger partial charge in [-0.2, -0.15) is 5.10 Å². The highest BCUT2D eigenvalue weighted by Crippen LogP contribution is 2.07. The SMILES string of the molecule is O=C(Cn1cc([N+](=O)[O-])cn1)N[C@H]1CCCNC1. The van der Waals surface area contributed by atoms with Gasteiger partial charge in [0.25, 0.3) is 0 Å². The zero-order valence-electron chi connectivity index (χ0n) is 9.83. The number of nitrogens with one attached hydrogen (secondary N) is 2. The largest absolute Gasteiger partial charge is 0.350 e. The molecule has 1 amide bonds. The fourth-order valence-corrected chi connectivity index (χ4v) is 1.93. The van der Waals surface area contributed by atoms with Gasteiger partial charge in [0.1, 0.15) is 18.9 Å². The first-order valence-corrected chi connectivity index (χ1v) is 5.82. The van der Waals surface area contributed by atoms with Crippen LogP contribution < -0.4 is 10.6 Å². The topological polar surface area (TPSA) is 102 Å². The molecule has 1 atom stereocenters. The molecule has 2 rings (SSSR count). The van der Waals surface area contributed by atoms with E-state index >= 15 is 0 Å². The lowest BCUT2D eigenvalue weighted by atomic mass is 10.1. The molecule has 0 saturated carbocycles. The van der Waals surface area contributed by atoms with Crippen LogP contribution in [0.1, 0.15) is 12.8 Å². The molecule has 1 aliphatic heterocycles. The normalized spacial score (nSPS) is 19.4. The third-order valence-electron chi connectivity index (χ3n) is 2.80. The number of hydrogen-bond acceptors (Lipinski definition) is 5. The van der Waals surface area contributed by atoms with Gasteiger partial charge in [-0.15, -0.1) is 0 Å². The minimum absolute atomic E-state index is 0.00431. The van der Waals surface area contributed by atoms with Gasteiger partial charge in [0.15, 0.2) is 0 Å². The molecule has 0 unspecified atom stereocenters. The van der Waals surface area contributed by atoms with Gasteiger partial charge in [0, 0.05) is 12.6 Å². The molecule has 0 spiro atoms. The average Bonchev–Trinajstić information content (AvgIpc) is 2.78. The van der Waals surface area contributed by atoms with Crippen LogP contribution in [0.25, 0.3) is 0 Å². The lowest BCUT2D eigenvalue weighted by Crippen LogP contribution is -2.46. The Morgan fingerprint density at radius 3 is 3.17 bits per heavy atom. The number of piperidine rings is 1. The molecule has 1 aliphatic rings. The van der Waals surface area contributed by atoms with Crippen molar-refractivity contribution in [1.29, 1.82) is 0 Å². The number of carbonyl (C=O) groups is 1. The Labute approximate surface area is 104 Å². The molecule has 1 saturated heterocycles. The van der Waals surface area contributed by atoms with E-state index in [0.29, 0.717) is 0 Å². The summed E-state index contributed by atoms with van der Waals surface area (Å²) in [6.45, 7) is 1.76. The molecule has 2 N–H and O–H groups in total. The van der Waals surface area contributed by atoms with Crippen LogP contribution in [-0.2, 0) is 11.3 Å². The Hall–Kier alpha value is -1.96. The summed E-state index contributed by atoms with van der Waals surface area (Å²) >= 11 is 0. The Bertz CT molecular complexity index is 438. The number of hydrogen-bond donors (Lipinski definition) is 2. The molecule has 18 heavy (non-hydrogen) atoms. The molecular weight excluding hydrogens is 238 g/mol. The highest BCUT2D eigenvalue weighted by molar-refractivity contribution is 5.76. The quantitative estimate of drug-likeness (QED) is 0.564. The van der Waals surface area contributed by atoms with Crippen molar-refractivity contribution in [2.75, 3.05) is 13.1 Å². The van der Waals surface area contributed by atoms with E-state index in [0.717, 1.165) is 32.1 Å². The van der Waals surface area contributed by atoms with Crippen molar-refractivity contribution in [1.82, 2.24) is 20.4 Å². The van der Waals surface area contributed by atoms with E-state index in [-0.39, 0.29) is 24.2 Å². The zero-order valence-corrected chi connectivity index (χ0v) is 9.83. The molecule has 98 valence electrons. The van der Waals surface area contributed by atoms with Gasteiger partial charge in [0.05, 0.1) is 4.92 Å². The van der Waals surface area contributed by atoms with Crippen LogP contribution in [-0.4, -0.2) is 39.7 Å². The van der Waals surface area contributed by atoms with Crippen LogP contribution in [0.4, 0.5) is 5.69 Å². The first-order valence-electron chi connectivity index (χ1n) is 5.82. The minimum Gasteiger partial charge on any atom is -0.350 e. The van der Waals surface area contributed by atoms with Crippen molar-refractivity contribution in [3.8, 4) is 0 Å². The third kappa shape index (κ3) is 3.27. The predicted molar refractivity (Wildman–Crippen MR) is 62.9 cm³/mol. The van der Waals surface area contributed by atoms with Crippen LogP contribution in [0.2, 0.25) is 0 Å². The molecular formula is C10H15N5O3.